The normalized spacial score (nSPS) is 18.4. The lowest BCUT2D eigenvalue weighted by Crippen LogP contribution is -2.10. The van der Waals surface area contributed by atoms with Crippen LogP contribution in [0.15, 0.2) is 42.5 Å². The van der Waals surface area contributed by atoms with Crippen LogP contribution in [0.3, 0.4) is 0 Å². The van der Waals surface area contributed by atoms with Crippen LogP contribution >= 0.6 is 0 Å². The molecule has 0 aliphatic heterocycles. The third-order valence-corrected chi connectivity index (χ3v) is 4.36. The molecule has 0 heterocycles. The number of hydrogen-bond acceptors (Lipinski definition) is 4. The minimum atomic E-state index is -0.287. The van der Waals surface area contributed by atoms with Crippen molar-refractivity contribution >= 4 is 5.97 Å². The second-order valence-electron chi connectivity index (χ2n) is 6.95. The predicted octanol–water partition coefficient (Wildman–Crippen LogP) is 4.75. The average molecular weight is 372 g/mol. The number of rotatable bonds is 8. The molecule has 27 heavy (non-hydrogen) atoms. The summed E-state index contributed by atoms with van der Waals surface area (Å²) < 4.78 is 30.6. The molecule has 1 aliphatic carbocycles. The van der Waals surface area contributed by atoms with Gasteiger partial charge in [-0.1, -0.05) is 24.3 Å². The zero-order valence-electron chi connectivity index (χ0n) is 15.9. The fourth-order valence-corrected chi connectivity index (χ4v) is 2.91. The lowest BCUT2D eigenvalue weighted by atomic mass is 10.0. The molecule has 0 bridgehead atoms. The molecule has 1 saturated carbocycles. The van der Waals surface area contributed by atoms with Crippen molar-refractivity contribution in [3.8, 4) is 16.9 Å². The molecule has 4 nitrogen and oxygen atoms in total. The predicted molar refractivity (Wildman–Crippen MR) is 101 cm³/mol. The molecule has 144 valence electrons. The molecule has 1 aliphatic rings. The van der Waals surface area contributed by atoms with Crippen molar-refractivity contribution in [2.45, 2.75) is 46.0 Å². The monoisotopic (exact) mass is 372 g/mol. The highest BCUT2D eigenvalue weighted by Crippen LogP contribution is 2.35. The van der Waals surface area contributed by atoms with Crippen LogP contribution in [0.2, 0.25) is 0 Å². The largest absolute Gasteiger partial charge is 0.491 e. The highest BCUT2D eigenvalue weighted by molar-refractivity contribution is 5.76. The Morgan fingerprint density at radius 2 is 1.93 bits per heavy atom. The molecule has 5 heteroatoms. The van der Waals surface area contributed by atoms with Gasteiger partial charge in [0.05, 0.1) is 31.3 Å². The Bertz CT molecular complexity index is 785. The van der Waals surface area contributed by atoms with Crippen molar-refractivity contribution in [3.63, 3.8) is 0 Å². The van der Waals surface area contributed by atoms with Crippen molar-refractivity contribution in [2.75, 3.05) is 6.61 Å². The maximum Gasteiger partial charge on any atom is 0.311 e. The first kappa shape index (κ1) is 19.4. The number of benzene rings is 2. The second kappa shape index (κ2) is 8.53. The molecule has 2 aromatic rings. The maximum atomic E-state index is 14.2. The van der Waals surface area contributed by atoms with Crippen LogP contribution in [-0.4, -0.2) is 24.8 Å². The lowest BCUT2D eigenvalue weighted by molar-refractivity contribution is -0.145. The van der Waals surface area contributed by atoms with E-state index < -0.39 is 0 Å². The molecule has 0 N–H and O–H groups in total. The SMILES string of the molecule is CCOC(=O)C1CC1OCc1ccc(-c2cc(OC(C)C)ccc2F)cc1. The molecule has 2 atom stereocenters. The van der Waals surface area contributed by atoms with E-state index in [1.165, 1.54) is 6.07 Å². The van der Waals surface area contributed by atoms with Crippen molar-refractivity contribution in [1.82, 2.24) is 0 Å². The molecule has 2 unspecified atom stereocenters. The van der Waals surface area contributed by atoms with Crippen molar-refractivity contribution < 1.29 is 23.4 Å². The first-order valence-corrected chi connectivity index (χ1v) is 9.31. The van der Waals surface area contributed by atoms with Gasteiger partial charge in [-0.05, 0) is 56.5 Å². The summed E-state index contributed by atoms with van der Waals surface area (Å²) in [7, 11) is 0. The summed E-state index contributed by atoms with van der Waals surface area (Å²) in [5.74, 6) is 0.0387. The van der Waals surface area contributed by atoms with Gasteiger partial charge >= 0.3 is 5.97 Å². The van der Waals surface area contributed by atoms with Gasteiger partial charge in [-0.3, -0.25) is 4.79 Å². The van der Waals surface area contributed by atoms with Gasteiger partial charge in [-0.25, -0.2) is 4.39 Å². The van der Waals surface area contributed by atoms with Gasteiger partial charge in [-0.15, -0.1) is 0 Å². The summed E-state index contributed by atoms with van der Waals surface area (Å²) in [4.78, 5) is 11.6. The summed E-state index contributed by atoms with van der Waals surface area (Å²) in [6.07, 6.45) is 0.680. The van der Waals surface area contributed by atoms with Gasteiger partial charge in [0.2, 0.25) is 0 Å². The van der Waals surface area contributed by atoms with Crippen molar-refractivity contribution in [1.29, 1.82) is 0 Å². The first-order chi connectivity index (χ1) is 13.0. The zero-order valence-corrected chi connectivity index (χ0v) is 15.9. The van der Waals surface area contributed by atoms with Gasteiger partial charge < -0.3 is 14.2 Å². The smallest absolute Gasteiger partial charge is 0.311 e. The van der Waals surface area contributed by atoms with Crippen LogP contribution < -0.4 is 4.74 Å². The number of ether oxygens (including phenoxy) is 3. The number of carbonyl (C=O) groups excluding carboxylic acids is 1. The molecule has 0 spiro atoms. The molecule has 0 amide bonds. The number of halogens is 1. The van der Waals surface area contributed by atoms with E-state index in [9.17, 15) is 9.18 Å². The second-order valence-corrected chi connectivity index (χ2v) is 6.95. The van der Waals surface area contributed by atoms with E-state index in [-0.39, 0.29) is 29.9 Å². The van der Waals surface area contributed by atoms with Crippen molar-refractivity contribution in [2.24, 2.45) is 5.92 Å². The molecule has 0 aromatic heterocycles. The van der Waals surface area contributed by atoms with Crippen LogP contribution in [-0.2, 0) is 20.9 Å². The fourth-order valence-electron chi connectivity index (χ4n) is 2.91. The molecule has 0 radical (unpaired) electrons. The highest BCUT2D eigenvalue weighted by Gasteiger charge is 2.45. The molecular formula is C22H25FO4. The molecular weight excluding hydrogens is 347 g/mol. The number of hydrogen-bond donors (Lipinski definition) is 0. The van der Waals surface area contributed by atoms with Crippen LogP contribution in [0.5, 0.6) is 5.75 Å². The molecule has 0 saturated heterocycles. The maximum absolute atomic E-state index is 14.2. The van der Waals surface area contributed by atoms with E-state index in [1.807, 2.05) is 38.1 Å². The third kappa shape index (κ3) is 5.07. The summed E-state index contributed by atoms with van der Waals surface area (Å²) in [6.45, 7) is 6.48. The van der Waals surface area contributed by atoms with E-state index in [0.29, 0.717) is 30.9 Å². The van der Waals surface area contributed by atoms with Crippen LogP contribution in [0.1, 0.15) is 32.8 Å². The van der Waals surface area contributed by atoms with Gasteiger partial charge in [0.1, 0.15) is 11.6 Å². The highest BCUT2D eigenvalue weighted by atomic mass is 19.1. The standard InChI is InChI=1S/C22H25FO4/c1-4-25-22(24)19-12-21(19)26-13-15-5-7-16(8-6-15)18-11-17(27-14(2)3)9-10-20(18)23/h5-11,14,19,21H,4,12-13H2,1-3H3. The summed E-state index contributed by atoms with van der Waals surface area (Å²) in [5, 5.41) is 0. The quantitative estimate of drug-likeness (QED) is 0.628. The minimum absolute atomic E-state index is 0.0312. The first-order valence-electron chi connectivity index (χ1n) is 9.31. The molecule has 1 fully saturated rings. The lowest BCUT2D eigenvalue weighted by Gasteiger charge is -2.12. The molecule has 2 aromatic carbocycles. The summed E-state index contributed by atoms with van der Waals surface area (Å²) >= 11 is 0. The zero-order chi connectivity index (χ0) is 19.4. The minimum Gasteiger partial charge on any atom is -0.491 e. The van der Waals surface area contributed by atoms with Crippen molar-refractivity contribution in [3.05, 3.63) is 53.8 Å². The Labute approximate surface area is 159 Å². The van der Waals surface area contributed by atoms with Gasteiger partial charge in [-0.2, -0.15) is 0 Å². The average Bonchev–Trinajstić information content (AvgIpc) is 3.42. The van der Waals surface area contributed by atoms with Gasteiger partial charge in [0.15, 0.2) is 0 Å². The topological polar surface area (TPSA) is 44.8 Å². The van der Waals surface area contributed by atoms with Crippen LogP contribution in [0.4, 0.5) is 4.39 Å². The molecule has 3 rings (SSSR count). The Kier molecular flexibility index (Phi) is 6.11. The van der Waals surface area contributed by atoms with Gasteiger partial charge in [0.25, 0.3) is 0 Å². The Morgan fingerprint density at radius 1 is 1.19 bits per heavy atom. The van der Waals surface area contributed by atoms with Crippen LogP contribution in [0.25, 0.3) is 11.1 Å². The van der Waals surface area contributed by atoms with E-state index >= 15 is 0 Å². The van der Waals surface area contributed by atoms with E-state index in [4.69, 9.17) is 14.2 Å². The van der Waals surface area contributed by atoms with E-state index in [0.717, 1.165) is 11.1 Å². The van der Waals surface area contributed by atoms with Gasteiger partial charge in [0, 0.05) is 5.56 Å². The van der Waals surface area contributed by atoms with E-state index in [1.54, 1.807) is 19.1 Å². The number of esters is 1. The Hall–Kier alpha value is -2.40. The van der Waals surface area contributed by atoms with E-state index in [2.05, 4.69) is 0 Å². The number of carbonyl (C=O) groups is 1. The Balaban J connectivity index is 1.60. The third-order valence-electron chi connectivity index (χ3n) is 4.36. The summed E-state index contributed by atoms with van der Waals surface area (Å²) in [5.41, 5.74) is 2.26. The fraction of sp³-hybridized carbons (Fsp3) is 0.409. The summed E-state index contributed by atoms with van der Waals surface area (Å²) in [6, 6.07) is 12.3. The Morgan fingerprint density at radius 3 is 2.59 bits per heavy atom. The van der Waals surface area contributed by atoms with Crippen LogP contribution in [0, 0.1) is 11.7 Å².